The number of hydrogen-bond donors (Lipinski definition) is 0. The Kier molecular flexibility index (Phi) is 2.94. The van der Waals surface area contributed by atoms with E-state index in [9.17, 15) is 0 Å². The molecule has 1 aliphatic rings. The van der Waals surface area contributed by atoms with Gasteiger partial charge in [0.25, 0.3) is 0 Å². The average molecular weight is 282 g/mol. The van der Waals surface area contributed by atoms with E-state index in [1.165, 1.54) is 15.6 Å². The standard InChI is InChI=1S/C17H14O2S/c1-2-5-12(6-3-1)17(15-11-18-15)19-14-7-4-8-16-13(14)9-10-20-16/h1-10,15,17H,11H2/t15-,17-/m0/s1. The lowest BCUT2D eigenvalue weighted by molar-refractivity contribution is 0.163. The molecule has 0 radical (unpaired) electrons. The van der Waals surface area contributed by atoms with Crippen LogP contribution in [-0.2, 0) is 4.74 Å². The van der Waals surface area contributed by atoms with Crippen molar-refractivity contribution < 1.29 is 9.47 Å². The second kappa shape index (κ2) is 4.93. The predicted molar refractivity (Wildman–Crippen MR) is 81.4 cm³/mol. The molecule has 0 amide bonds. The molecule has 2 aromatic carbocycles. The summed E-state index contributed by atoms with van der Waals surface area (Å²) < 4.78 is 13.0. The van der Waals surface area contributed by atoms with Crippen molar-refractivity contribution in [3.05, 3.63) is 65.5 Å². The smallest absolute Gasteiger partial charge is 0.152 e. The highest BCUT2D eigenvalue weighted by Gasteiger charge is 2.36. The molecule has 0 spiro atoms. The van der Waals surface area contributed by atoms with Crippen LogP contribution in [0.4, 0.5) is 0 Å². The molecule has 0 bridgehead atoms. The van der Waals surface area contributed by atoms with Gasteiger partial charge in [0, 0.05) is 10.1 Å². The molecular formula is C17H14O2S. The normalized spacial score (nSPS) is 18.9. The van der Waals surface area contributed by atoms with Crippen LogP contribution in [0.5, 0.6) is 5.75 Å². The SMILES string of the molecule is c1ccc([C@H](Oc2cccc3sccc23)[C@@H]2CO2)cc1. The molecule has 1 saturated heterocycles. The first-order valence-corrected chi connectivity index (χ1v) is 7.59. The van der Waals surface area contributed by atoms with Gasteiger partial charge in [0.2, 0.25) is 0 Å². The van der Waals surface area contributed by atoms with Crippen LogP contribution in [0.2, 0.25) is 0 Å². The summed E-state index contributed by atoms with van der Waals surface area (Å²) in [6.07, 6.45) is 0.146. The van der Waals surface area contributed by atoms with Crippen molar-refractivity contribution in [2.75, 3.05) is 6.61 Å². The highest BCUT2D eigenvalue weighted by molar-refractivity contribution is 7.17. The Labute approximate surface area is 121 Å². The fraction of sp³-hybridized carbons (Fsp3) is 0.176. The number of ether oxygens (including phenoxy) is 2. The number of hydrogen-bond acceptors (Lipinski definition) is 3. The lowest BCUT2D eigenvalue weighted by Gasteiger charge is -2.18. The fourth-order valence-electron chi connectivity index (χ4n) is 2.44. The molecular weight excluding hydrogens is 268 g/mol. The average Bonchev–Trinajstić information content (AvgIpc) is 3.22. The summed E-state index contributed by atoms with van der Waals surface area (Å²) in [5.41, 5.74) is 1.17. The van der Waals surface area contributed by atoms with E-state index in [1.807, 2.05) is 30.3 Å². The van der Waals surface area contributed by atoms with Crippen LogP contribution < -0.4 is 4.74 Å². The van der Waals surface area contributed by atoms with Gasteiger partial charge in [0.1, 0.15) is 11.9 Å². The Bertz CT molecular complexity index is 716. The topological polar surface area (TPSA) is 21.8 Å². The zero-order valence-corrected chi connectivity index (χ0v) is 11.7. The van der Waals surface area contributed by atoms with Crippen molar-refractivity contribution in [2.45, 2.75) is 12.2 Å². The van der Waals surface area contributed by atoms with Gasteiger partial charge in [-0.1, -0.05) is 36.4 Å². The maximum Gasteiger partial charge on any atom is 0.152 e. The van der Waals surface area contributed by atoms with Gasteiger partial charge in [-0.05, 0) is 29.1 Å². The van der Waals surface area contributed by atoms with Crippen molar-refractivity contribution in [1.29, 1.82) is 0 Å². The lowest BCUT2D eigenvalue weighted by Crippen LogP contribution is -2.14. The van der Waals surface area contributed by atoms with Crippen LogP contribution >= 0.6 is 11.3 Å². The third-order valence-electron chi connectivity index (χ3n) is 3.53. The van der Waals surface area contributed by atoms with Gasteiger partial charge >= 0.3 is 0 Å². The van der Waals surface area contributed by atoms with Gasteiger partial charge in [-0.2, -0.15) is 0 Å². The van der Waals surface area contributed by atoms with Crippen molar-refractivity contribution in [2.24, 2.45) is 0 Å². The summed E-state index contributed by atoms with van der Waals surface area (Å²) in [6, 6.07) is 18.6. The molecule has 20 heavy (non-hydrogen) atoms. The molecule has 0 unspecified atom stereocenters. The van der Waals surface area contributed by atoms with Crippen molar-refractivity contribution in [3.63, 3.8) is 0 Å². The van der Waals surface area contributed by atoms with E-state index in [4.69, 9.17) is 9.47 Å². The van der Waals surface area contributed by atoms with Crippen LogP contribution in [0, 0.1) is 0 Å². The molecule has 2 atom stereocenters. The number of benzene rings is 2. The van der Waals surface area contributed by atoms with Gasteiger partial charge in [-0.3, -0.25) is 0 Å². The number of epoxide rings is 1. The monoisotopic (exact) mass is 282 g/mol. The minimum atomic E-state index is -0.0262. The van der Waals surface area contributed by atoms with E-state index < -0.39 is 0 Å². The molecule has 100 valence electrons. The number of fused-ring (bicyclic) bond motifs is 1. The van der Waals surface area contributed by atoms with Crippen molar-refractivity contribution in [1.82, 2.24) is 0 Å². The van der Waals surface area contributed by atoms with Crippen molar-refractivity contribution in [3.8, 4) is 5.75 Å². The second-order valence-electron chi connectivity index (χ2n) is 4.91. The van der Waals surface area contributed by atoms with Crippen LogP contribution in [0.25, 0.3) is 10.1 Å². The van der Waals surface area contributed by atoms with E-state index in [-0.39, 0.29) is 12.2 Å². The van der Waals surface area contributed by atoms with Gasteiger partial charge in [-0.25, -0.2) is 0 Å². The Balaban J connectivity index is 1.70. The maximum atomic E-state index is 6.28. The summed E-state index contributed by atoms with van der Waals surface area (Å²) in [7, 11) is 0. The van der Waals surface area contributed by atoms with Gasteiger partial charge in [-0.15, -0.1) is 11.3 Å². The van der Waals surface area contributed by atoms with E-state index in [1.54, 1.807) is 11.3 Å². The first-order chi connectivity index (χ1) is 9.92. The van der Waals surface area contributed by atoms with Crippen LogP contribution in [0.15, 0.2) is 60.0 Å². The fourth-order valence-corrected chi connectivity index (χ4v) is 3.24. The summed E-state index contributed by atoms with van der Waals surface area (Å²) >= 11 is 1.74. The summed E-state index contributed by atoms with van der Waals surface area (Å²) in [4.78, 5) is 0. The largest absolute Gasteiger partial charge is 0.482 e. The van der Waals surface area contributed by atoms with Crippen LogP contribution in [0.1, 0.15) is 11.7 Å². The first-order valence-electron chi connectivity index (χ1n) is 6.71. The zero-order chi connectivity index (χ0) is 13.4. The molecule has 0 saturated carbocycles. The summed E-state index contributed by atoms with van der Waals surface area (Å²) in [5.74, 6) is 0.938. The van der Waals surface area contributed by atoms with E-state index >= 15 is 0 Å². The Morgan fingerprint density at radius 3 is 2.70 bits per heavy atom. The molecule has 0 aliphatic carbocycles. The maximum absolute atomic E-state index is 6.28. The van der Waals surface area contributed by atoms with Gasteiger partial charge in [0.05, 0.1) is 6.61 Å². The zero-order valence-electron chi connectivity index (χ0n) is 10.9. The molecule has 4 rings (SSSR count). The Morgan fingerprint density at radius 1 is 1.05 bits per heavy atom. The molecule has 2 heterocycles. The Hall–Kier alpha value is -1.84. The molecule has 0 N–H and O–H groups in total. The minimum absolute atomic E-state index is 0.0262. The van der Waals surface area contributed by atoms with E-state index in [0.717, 1.165) is 12.4 Å². The van der Waals surface area contributed by atoms with Gasteiger partial charge in [0.15, 0.2) is 6.10 Å². The molecule has 1 fully saturated rings. The summed E-state index contributed by atoms with van der Waals surface area (Å²) in [5, 5.41) is 3.28. The highest BCUT2D eigenvalue weighted by atomic mass is 32.1. The van der Waals surface area contributed by atoms with Crippen LogP contribution in [-0.4, -0.2) is 12.7 Å². The third-order valence-corrected chi connectivity index (χ3v) is 4.42. The second-order valence-corrected chi connectivity index (χ2v) is 5.86. The highest BCUT2D eigenvalue weighted by Crippen LogP contribution is 2.36. The number of rotatable bonds is 4. The first kappa shape index (κ1) is 11.9. The number of thiophene rings is 1. The summed E-state index contributed by atoms with van der Waals surface area (Å²) in [6.45, 7) is 0.777. The molecule has 1 aliphatic heterocycles. The third kappa shape index (κ3) is 2.19. The molecule has 3 heteroatoms. The van der Waals surface area contributed by atoms with Crippen molar-refractivity contribution >= 4 is 21.4 Å². The minimum Gasteiger partial charge on any atom is -0.482 e. The quantitative estimate of drug-likeness (QED) is 0.661. The van der Waals surface area contributed by atoms with Gasteiger partial charge < -0.3 is 9.47 Å². The predicted octanol–water partition coefficient (Wildman–Crippen LogP) is 4.42. The van der Waals surface area contributed by atoms with Crippen LogP contribution in [0.3, 0.4) is 0 Å². The lowest BCUT2D eigenvalue weighted by atomic mass is 10.1. The molecule has 2 nitrogen and oxygen atoms in total. The van der Waals surface area contributed by atoms with E-state index in [2.05, 4.69) is 29.6 Å². The van der Waals surface area contributed by atoms with E-state index in [0.29, 0.717) is 0 Å². The molecule has 3 aromatic rings. The Morgan fingerprint density at radius 2 is 1.90 bits per heavy atom. The molecule has 1 aromatic heterocycles.